The molecule has 3 aliphatic rings. The van der Waals surface area contributed by atoms with Crippen LogP contribution in [0, 0.1) is 0 Å². The lowest BCUT2D eigenvalue weighted by molar-refractivity contribution is -0.187. The van der Waals surface area contributed by atoms with E-state index in [2.05, 4.69) is 0 Å². The lowest BCUT2D eigenvalue weighted by Gasteiger charge is -2.38. The highest BCUT2D eigenvalue weighted by Gasteiger charge is 2.42. The monoisotopic (exact) mass is 412 g/mol. The van der Waals surface area contributed by atoms with Crippen LogP contribution in [0.25, 0.3) is 0 Å². The molecular formula is C22H24N2O4S. The molecule has 5 rings (SSSR count). The maximum absolute atomic E-state index is 13.2. The van der Waals surface area contributed by atoms with E-state index in [1.807, 2.05) is 51.6 Å². The van der Waals surface area contributed by atoms with Crippen LogP contribution in [0.2, 0.25) is 0 Å². The second-order valence-electron chi connectivity index (χ2n) is 7.81. The van der Waals surface area contributed by atoms with Crippen LogP contribution in [0.5, 0.6) is 0 Å². The van der Waals surface area contributed by atoms with Gasteiger partial charge in [0.1, 0.15) is 0 Å². The van der Waals surface area contributed by atoms with E-state index in [1.165, 1.54) is 0 Å². The van der Waals surface area contributed by atoms with Gasteiger partial charge in [-0.25, -0.2) is 0 Å². The Labute approximate surface area is 174 Å². The minimum absolute atomic E-state index is 0.0113. The number of rotatable bonds is 4. The van der Waals surface area contributed by atoms with Gasteiger partial charge in [0.05, 0.1) is 25.7 Å². The van der Waals surface area contributed by atoms with Gasteiger partial charge >= 0.3 is 0 Å². The summed E-state index contributed by atoms with van der Waals surface area (Å²) in [5, 5.41) is 2.00. The van der Waals surface area contributed by atoms with E-state index in [9.17, 15) is 9.59 Å². The molecule has 6 nitrogen and oxygen atoms in total. The number of hydrogen-bond donors (Lipinski definition) is 0. The third kappa shape index (κ3) is 3.47. The predicted molar refractivity (Wildman–Crippen MR) is 108 cm³/mol. The average molecular weight is 413 g/mol. The van der Waals surface area contributed by atoms with E-state index in [1.54, 1.807) is 11.3 Å². The van der Waals surface area contributed by atoms with Crippen LogP contribution in [-0.4, -0.2) is 53.7 Å². The number of ether oxygens (including phenoxy) is 2. The Kier molecular flexibility index (Phi) is 4.89. The van der Waals surface area contributed by atoms with Gasteiger partial charge in [0.2, 0.25) is 5.91 Å². The number of likely N-dealkylation sites (tertiary alicyclic amines) is 1. The van der Waals surface area contributed by atoms with Crippen LogP contribution in [0.15, 0.2) is 41.8 Å². The third-order valence-corrected chi connectivity index (χ3v) is 7.13. The van der Waals surface area contributed by atoms with Gasteiger partial charge in [-0.3, -0.25) is 9.59 Å². The van der Waals surface area contributed by atoms with E-state index in [0.29, 0.717) is 52.1 Å². The van der Waals surface area contributed by atoms with Gasteiger partial charge in [-0.2, -0.15) is 0 Å². The van der Waals surface area contributed by atoms with Crippen molar-refractivity contribution in [1.29, 1.82) is 0 Å². The lowest BCUT2D eigenvalue weighted by atomic mass is 10.0. The molecule has 0 aliphatic carbocycles. The summed E-state index contributed by atoms with van der Waals surface area (Å²) in [5.74, 6) is -0.395. The van der Waals surface area contributed by atoms with Crippen molar-refractivity contribution < 1.29 is 19.1 Å². The first kappa shape index (κ1) is 18.8. The minimum Gasteiger partial charge on any atom is -0.347 e. The first-order chi connectivity index (χ1) is 14.2. The number of fused-ring (bicyclic) bond motifs is 1. The molecule has 1 atom stereocenters. The number of nitrogens with zero attached hydrogens (tertiary/aromatic N) is 2. The van der Waals surface area contributed by atoms with Gasteiger partial charge in [-0.05, 0) is 23.1 Å². The largest absolute Gasteiger partial charge is 0.347 e. The number of hydrogen-bond acceptors (Lipinski definition) is 5. The Balaban J connectivity index is 1.31. The minimum atomic E-state index is -0.490. The molecule has 2 fully saturated rings. The Morgan fingerprint density at radius 1 is 1.10 bits per heavy atom. The fourth-order valence-electron chi connectivity index (χ4n) is 4.55. The zero-order chi connectivity index (χ0) is 19.8. The van der Waals surface area contributed by atoms with Gasteiger partial charge in [0.15, 0.2) is 5.79 Å². The van der Waals surface area contributed by atoms with E-state index in [0.717, 1.165) is 16.0 Å². The normalized spacial score (nSPS) is 21.6. The van der Waals surface area contributed by atoms with Crippen molar-refractivity contribution in [1.82, 2.24) is 9.80 Å². The smallest absolute Gasteiger partial charge is 0.255 e. The van der Waals surface area contributed by atoms with Crippen LogP contribution in [0.3, 0.4) is 0 Å². The summed E-state index contributed by atoms with van der Waals surface area (Å²) in [6.45, 7) is 3.07. The molecule has 0 radical (unpaired) electrons. The molecule has 1 aromatic heterocycles. The fraction of sp³-hybridized carbons (Fsp3) is 0.455. The Morgan fingerprint density at radius 2 is 1.86 bits per heavy atom. The van der Waals surface area contributed by atoms with Crippen molar-refractivity contribution >= 4 is 23.2 Å². The van der Waals surface area contributed by atoms with E-state index < -0.39 is 5.79 Å². The van der Waals surface area contributed by atoms with Gasteiger partial charge in [-0.1, -0.05) is 24.3 Å². The molecule has 2 amide bonds. The van der Waals surface area contributed by atoms with Crippen molar-refractivity contribution in [3.63, 3.8) is 0 Å². The molecule has 4 heterocycles. The van der Waals surface area contributed by atoms with E-state index >= 15 is 0 Å². The first-order valence-electron chi connectivity index (χ1n) is 10.1. The molecule has 2 aromatic rings. The highest BCUT2D eigenvalue weighted by molar-refractivity contribution is 7.10. The third-order valence-electron chi connectivity index (χ3n) is 6.16. The van der Waals surface area contributed by atoms with Crippen LogP contribution < -0.4 is 0 Å². The summed E-state index contributed by atoms with van der Waals surface area (Å²) >= 11 is 1.60. The SMILES string of the molecule is O=C(C[C@H](c1cccs1)N1Cc2ccccc2C1=O)N1CCC2(CC1)OCCO2. The summed E-state index contributed by atoms with van der Waals surface area (Å²) < 4.78 is 11.5. The van der Waals surface area contributed by atoms with E-state index in [-0.39, 0.29) is 17.9 Å². The topological polar surface area (TPSA) is 59.1 Å². The number of benzene rings is 1. The molecule has 29 heavy (non-hydrogen) atoms. The quantitative estimate of drug-likeness (QED) is 0.774. The molecule has 1 spiro atoms. The fourth-order valence-corrected chi connectivity index (χ4v) is 5.39. The molecular weight excluding hydrogens is 388 g/mol. The molecule has 1 aromatic carbocycles. The number of amides is 2. The summed E-state index contributed by atoms with van der Waals surface area (Å²) in [6.07, 6.45) is 1.71. The Bertz CT molecular complexity index is 897. The molecule has 152 valence electrons. The van der Waals surface area contributed by atoms with Crippen molar-refractivity contribution in [2.45, 2.75) is 37.6 Å². The van der Waals surface area contributed by atoms with Crippen molar-refractivity contribution in [3.8, 4) is 0 Å². The van der Waals surface area contributed by atoms with Crippen LogP contribution in [0.4, 0.5) is 0 Å². The molecule has 7 heteroatoms. The highest BCUT2D eigenvalue weighted by atomic mass is 32.1. The lowest BCUT2D eigenvalue weighted by Crippen LogP contribution is -2.48. The molecule has 0 unspecified atom stereocenters. The first-order valence-corrected chi connectivity index (χ1v) is 11.0. The second kappa shape index (κ2) is 7.55. The van der Waals surface area contributed by atoms with Crippen LogP contribution >= 0.6 is 11.3 Å². The van der Waals surface area contributed by atoms with Crippen molar-refractivity contribution in [3.05, 3.63) is 57.8 Å². The van der Waals surface area contributed by atoms with Crippen LogP contribution in [-0.2, 0) is 20.8 Å². The summed E-state index contributed by atoms with van der Waals surface area (Å²) in [4.78, 5) is 31.0. The Morgan fingerprint density at radius 3 is 2.55 bits per heavy atom. The maximum Gasteiger partial charge on any atom is 0.255 e. The standard InChI is InChI=1S/C22H24N2O4S/c25-20(23-9-7-22(8-10-23)27-11-12-28-22)14-18(19-6-3-13-29-19)24-15-16-4-1-2-5-17(16)21(24)26/h1-6,13,18H,7-12,14-15H2/t18-/m1/s1. The highest BCUT2D eigenvalue weighted by Crippen LogP contribution is 2.37. The van der Waals surface area contributed by atoms with Gasteiger partial charge in [-0.15, -0.1) is 11.3 Å². The second-order valence-corrected chi connectivity index (χ2v) is 8.79. The average Bonchev–Trinajstić information content (AvgIpc) is 3.49. The van der Waals surface area contributed by atoms with Crippen molar-refractivity contribution in [2.24, 2.45) is 0 Å². The molecule has 0 N–H and O–H groups in total. The Hall–Kier alpha value is -2.22. The van der Waals surface area contributed by atoms with Gasteiger partial charge in [0.25, 0.3) is 5.91 Å². The summed E-state index contributed by atoms with van der Waals surface area (Å²) in [6, 6.07) is 11.5. The summed E-state index contributed by atoms with van der Waals surface area (Å²) in [7, 11) is 0. The van der Waals surface area contributed by atoms with Crippen molar-refractivity contribution in [2.75, 3.05) is 26.3 Å². The number of carbonyl (C=O) groups excluding carboxylic acids is 2. The molecule has 0 bridgehead atoms. The molecule has 3 aliphatic heterocycles. The molecule has 0 saturated carbocycles. The zero-order valence-electron chi connectivity index (χ0n) is 16.2. The van der Waals surface area contributed by atoms with Gasteiger partial charge in [0, 0.05) is 42.9 Å². The predicted octanol–water partition coefficient (Wildman–Crippen LogP) is 3.20. The van der Waals surface area contributed by atoms with Gasteiger partial charge < -0.3 is 19.3 Å². The van der Waals surface area contributed by atoms with E-state index in [4.69, 9.17) is 9.47 Å². The van der Waals surface area contributed by atoms with Crippen LogP contribution in [0.1, 0.15) is 46.1 Å². The summed E-state index contributed by atoms with van der Waals surface area (Å²) in [5.41, 5.74) is 1.78. The molecule has 2 saturated heterocycles. The number of piperidine rings is 1. The number of thiophene rings is 1. The zero-order valence-corrected chi connectivity index (χ0v) is 17.0. The maximum atomic E-state index is 13.2. The number of carbonyl (C=O) groups is 2.